The lowest BCUT2D eigenvalue weighted by atomic mass is 9.92. The zero-order chi connectivity index (χ0) is 16.8. The van der Waals surface area contributed by atoms with Crippen LogP contribution in [-0.2, 0) is 0 Å². The van der Waals surface area contributed by atoms with Crippen LogP contribution in [0.5, 0.6) is 11.5 Å². The van der Waals surface area contributed by atoms with Crippen molar-refractivity contribution in [3.63, 3.8) is 0 Å². The van der Waals surface area contributed by atoms with Crippen LogP contribution in [0.25, 0.3) is 32.7 Å². The number of fused-ring (bicyclic) bond motifs is 2. The molecule has 0 saturated heterocycles. The van der Waals surface area contributed by atoms with Crippen molar-refractivity contribution in [1.82, 2.24) is 0 Å². The lowest BCUT2D eigenvalue weighted by molar-refractivity contribution is 0.470. The van der Waals surface area contributed by atoms with Gasteiger partial charge in [-0.3, -0.25) is 0 Å². The van der Waals surface area contributed by atoms with Crippen LogP contribution in [0.3, 0.4) is 0 Å². The normalized spacial score (nSPS) is 11.2. The van der Waals surface area contributed by atoms with E-state index in [1.54, 1.807) is 12.1 Å². The van der Waals surface area contributed by atoms with E-state index in [4.69, 9.17) is 0 Å². The maximum atomic E-state index is 10.6. The molecule has 4 aromatic rings. The highest BCUT2D eigenvalue weighted by Crippen LogP contribution is 2.44. The Hall–Kier alpha value is -1.54. The molecule has 0 aliphatic heterocycles. The van der Waals surface area contributed by atoms with Crippen molar-refractivity contribution < 1.29 is 10.2 Å². The minimum atomic E-state index is 0.171. The first-order valence-electron chi connectivity index (χ1n) is 7.37. The molecule has 0 bridgehead atoms. The van der Waals surface area contributed by atoms with Crippen molar-refractivity contribution in [2.45, 2.75) is 0 Å². The molecule has 0 atom stereocenters. The second kappa shape index (κ2) is 6.07. The van der Waals surface area contributed by atoms with Crippen LogP contribution >= 0.6 is 45.2 Å². The first kappa shape index (κ1) is 16.0. The lowest BCUT2D eigenvalue weighted by Gasteiger charge is -2.14. The van der Waals surface area contributed by atoms with Crippen molar-refractivity contribution >= 4 is 66.7 Å². The highest BCUT2D eigenvalue weighted by atomic mass is 127. The summed E-state index contributed by atoms with van der Waals surface area (Å²) in [5.41, 5.74) is 1.35. The molecule has 0 radical (unpaired) electrons. The van der Waals surface area contributed by atoms with E-state index in [1.165, 1.54) is 0 Å². The molecule has 0 saturated carbocycles. The molecule has 0 spiro atoms. The third-order valence-corrected chi connectivity index (χ3v) is 5.51. The summed E-state index contributed by atoms with van der Waals surface area (Å²) in [5, 5.41) is 25.0. The molecule has 0 aliphatic rings. The van der Waals surface area contributed by atoms with Gasteiger partial charge in [0, 0.05) is 18.3 Å². The number of rotatable bonds is 1. The summed E-state index contributed by atoms with van der Waals surface area (Å²) in [6, 6.07) is 19.4. The van der Waals surface area contributed by atoms with E-state index in [2.05, 4.69) is 57.3 Å². The molecule has 0 heterocycles. The van der Waals surface area contributed by atoms with Gasteiger partial charge in [-0.1, -0.05) is 24.3 Å². The highest BCUT2D eigenvalue weighted by molar-refractivity contribution is 14.1. The van der Waals surface area contributed by atoms with Gasteiger partial charge in [-0.05, 0) is 103 Å². The summed E-state index contributed by atoms with van der Waals surface area (Å²) >= 11 is 4.55. The smallest absolute Gasteiger partial charge is 0.124 e. The topological polar surface area (TPSA) is 40.5 Å². The van der Waals surface area contributed by atoms with Gasteiger partial charge in [-0.15, -0.1) is 0 Å². The first-order chi connectivity index (χ1) is 11.5. The molecule has 0 aromatic heterocycles. The largest absolute Gasteiger partial charge is 0.507 e. The summed E-state index contributed by atoms with van der Waals surface area (Å²) in [4.78, 5) is 0. The summed E-state index contributed by atoms with van der Waals surface area (Å²) < 4.78 is 2.27. The fourth-order valence-corrected chi connectivity index (χ4v) is 4.13. The quantitative estimate of drug-likeness (QED) is 0.280. The molecule has 4 rings (SSSR count). The zero-order valence-corrected chi connectivity index (χ0v) is 16.7. The van der Waals surface area contributed by atoms with Crippen molar-refractivity contribution in [2.75, 3.05) is 0 Å². The van der Waals surface area contributed by atoms with Crippen molar-refractivity contribution in [3.8, 4) is 22.6 Å². The molecule has 0 amide bonds. The summed E-state index contributed by atoms with van der Waals surface area (Å²) in [6.07, 6.45) is 0. The Morgan fingerprint density at radius 1 is 0.542 bits per heavy atom. The summed E-state index contributed by atoms with van der Waals surface area (Å²) in [5.74, 6) is 0.343. The molecule has 0 unspecified atom stereocenters. The van der Waals surface area contributed by atoms with E-state index in [0.29, 0.717) is 11.1 Å². The number of halogens is 2. The maximum Gasteiger partial charge on any atom is 0.124 e. The highest BCUT2D eigenvalue weighted by Gasteiger charge is 2.16. The van der Waals surface area contributed by atoms with E-state index < -0.39 is 0 Å². The van der Waals surface area contributed by atoms with Crippen LogP contribution in [0.15, 0.2) is 60.7 Å². The Balaban J connectivity index is 2.17. The Morgan fingerprint density at radius 2 is 0.958 bits per heavy atom. The third kappa shape index (κ3) is 2.61. The molecular formula is C20H12I2O2. The van der Waals surface area contributed by atoms with Gasteiger partial charge in [0.25, 0.3) is 0 Å². The number of hydrogen-bond acceptors (Lipinski definition) is 2. The average Bonchev–Trinajstić information content (AvgIpc) is 2.56. The van der Waals surface area contributed by atoms with Crippen LogP contribution in [0.1, 0.15) is 0 Å². The van der Waals surface area contributed by atoms with Crippen LogP contribution in [0, 0.1) is 7.14 Å². The molecule has 0 fully saturated rings. The first-order valence-corrected chi connectivity index (χ1v) is 9.53. The SMILES string of the molecule is Oc1ccc2cc(I)ccc2c1-c1c(O)ccc2cc(I)ccc12. The molecule has 2 nitrogen and oxygen atoms in total. The van der Waals surface area contributed by atoms with Crippen LogP contribution in [-0.4, -0.2) is 10.2 Å². The third-order valence-electron chi connectivity index (χ3n) is 4.17. The zero-order valence-electron chi connectivity index (χ0n) is 12.4. The second-order valence-corrected chi connectivity index (χ2v) is 8.14. The van der Waals surface area contributed by atoms with Crippen molar-refractivity contribution in [2.24, 2.45) is 0 Å². The van der Waals surface area contributed by atoms with Crippen LogP contribution in [0.4, 0.5) is 0 Å². The van der Waals surface area contributed by atoms with E-state index in [0.717, 1.165) is 28.7 Å². The number of phenolic OH excluding ortho intramolecular Hbond substituents is 2. The molecule has 2 N–H and O–H groups in total. The maximum absolute atomic E-state index is 10.6. The summed E-state index contributed by atoms with van der Waals surface area (Å²) in [7, 11) is 0. The molecule has 4 heteroatoms. The van der Waals surface area contributed by atoms with Gasteiger partial charge in [0.15, 0.2) is 0 Å². The standard InChI is InChI=1S/C20H12I2O2/c21-13-3-5-15-11(9-13)1-7-17(23)19(15)20-16-6-4-14(22)10-12(16)2-8-18(20)24/h1-10,23-24H. The van der Waals surface area contributed by atoms with E-state index in [1.807, 2.05) is 36.4 Å². The molecule has 4 aromatic carbocycles. The van der Waals surface area contributed by atoms with Gasteiger partial charge in [0.2, 0.25) is 0 Å². The van der Waals surface area contributed by atoms with Gasteiger partial charge in [-0.2, -0.15) is 0 Å². The van der Waals surface area contributed by atoms with Crippen molar-refractivity contribution in [3.05, 3.63) is 67.8 Å². The van der Waals surface area contributed by atoms with Gasteiger partial charge < -0.3 is 10.2 Å². The Labute approximate surface area is 166 Å². The van der Waals surface area contributed by atoms with Crippen molar-refractivity contribution in [1.29, 1.82) is 0 Å². The minimum Gasteiger partial charge on any atom is -0.507 e. The monoisotopic (exact) mass is 538 g/mol. The second-order valence-electron chi connectivity index (χ2n) is 5.65. The lowest BCUT2D eigenvalue weighted by Crippen LogP contribution is -1.88. The van der Waals surface area contributed by atoms with Gasteiger partial charge >= 0.3 is 0 Å². The van der Waals surface area contributed by atoms with E-state index >= 15 is 0 Å². The number of aromatic hydroxyl groups is 2. The van der Waals surface area contributed by atoms with Gasteiger partial charge in [0.1, 0.15) is 11.5 Å². The van der Waals surface area contributed by atoms with E-state index in [9.17, 15) is 10.2 Å². The predicted octanol–water partition coefficient (Wildman–Crippen LogP) is 6.28. The Bertz CT molecular complexity index is 1010. The van der Waals surface area contributed by atoms with Crippen LogP contribution < -0.4 is 0 Å². The Morgan fingerprint density at radius 3 is 1.38 bits per heavy atom. The van der Waals surface area contributed by atoms with Gasteiger partial charge in [-0.25, -0.2) is 0 Å². The fraction of sp³-hybridized carbons (Fsp3) is 0. The number of phenols is 2. The predicted molar refractivity (Wildman–Crippen MR) is 116 cm³/mol. The van der Waals surface area contributed by atoms with E-state index in [-0.39, 0.29) is 11.5 Å². The summed E-state index contributed by atoms with van der Waals surface area (Å²) in [6.45, 7) is 0. The van der Waals surface area contributed by atoms with Gasteiger partial charge in [0.05, 0.1) is 0 Å². The number of benzene rings is 4. The van der Waals surface area contributed by atoms with Crippen LogP contribution in [0.2, 0.25) is 0 Å². The Kier molecular flexibility index (Phi) is 4.04. The fourth-order valence-electron chi connectivity index (χ4n) is 3.10. The molecular weight excluding hydrogens is 526 g/mol. The molecule has 118 valence electrons. The average molecular weight is 538 g/mol. The number of hydrogen-bond donors (Lipinski definition) is 2. The molecule has 0 aliphatic carbocycles. The minimum absolute atomic E-state index is 0.171. The molecule has 24 heavy (non-hydrogen) atoms.